The van der Waals surface area contributed by atoms with Crippen LogP contribution in [-0.2, 0) is 11.3 Å². The van der Waals surface area contributed by atoms with Crippen LogP contribution in [0.25, 0.3) is 11.1 Å². The fourth-order valence-corrected chi connectivity index (χ4v) is 4.06. The highest BCUT2D eigenvalue weighted by Crippen LogP contribution is 2.32. The maximum absolute atomic E-state index is 13.4. The van der Waals surface area contributed by atoms with Gasteiger partial charge in [-0.1, -0.05) is 42.5 Å². The van der Waals surface area contributed by atoms with Crippen molar-refractivity contribution in [3.8, 4) is 16.9 Å². The minimum Gasteiger partial charge on any atom is -0.493 e. The number of nitrogens with zero attached hydrogens (tertiary/aromatic N) is 1. The van der Waals surface area contributed by atoms with Gasteiger partial charge in [-0.05, 0) is 73.6 Å². The van der Waals surface area contributed by atoms with Crippen molar-refractivity contribution in [2.75, 3.05) is 6.61 Å². The molecule has 182 valence electrons. The maximum atomic E-state index is 13.4. The molecule has 5 nitrogen and oxygen atoms in total. The van der Waals surface area contributed by atoms with Crippen molar-refractivity contribution < 1.29 is 23.8 Å². The molecular formula is C29H30FNO4. The van der Waals surface area contributed by atoms with E-state index in [9.17, 15) is 14.0 Å². The number of carboxylic acid groups (broad SMARTS) is 1. The molecule has 3 aromatic carbocycles. The van der Waals surface area contributed by atoms with Crippen molar-refractivity contribution in [3.05, 3.63) is 89.7 Å². The summed E-state index contributed by atoms with van der Waals surface area (Å²) in [5.74, 6) is -0.299. The lowest BCUT2D eigenvalue weighted by atomic mass is 10.0. The van der Waals surface area contributed by atoms with Crippen molar-refractivity contribution in [3.63, 3.8) is 0 Å². The minimum absolute atomic E-state index is 0.0124. The van der Waals surface area contributed by atoms with Gasteiger partial charge in [-0.25, -0.2) is 4.39 Å². The smallest absolute Gasteiger partial charge is 0.303 e. The first-order valence-electron chi connectivity index (χ1n) is 12.1. The van der Waals surface area contributed by atoms with Gasteiger partial charge in [0.1, 0.15) is 11.6 Å². The van der Waals surface area contributed by atoms with E-state index in [-0.39, 0.29) is 24.2 Å². The largest absolute Gasteiger partial charge is 0.493 e. The normalized spacial score (nSPS) is 12.8. The van der Waals surface area contributed by atoms with Crippen LogP contribution in [0.2, 0.25) is 0 Å². The van der Waals surface area contributed by atoms with Crippen LogP contribution in [0.3, 0.4) is 0 Å². The standard InChI is InChI=1S/C29H30FNO4/c30-25-15-13-22(14-16-25)21-9-11-23(12-10-21)29(34)31(26-17-18-26)20-24-6-3-4-7-27(24)35-19-5-1-2-8-28(32)33/h3-4,6-7,9-16,26H,1-2,5,8,17-20H2,(H,32,33). The number of para-hydroxylation sites is 1. The number of ether oxygens (including phenoxy) is 1. The van der Waals surface area contributed by atoms with Gasteiger partial charge in [0.25, 0.3) is 5.91 Å². The van der Waals surface area contributed by atoms with Crippen molar-refractivity contribution in [2.45, 2.75) is 51.1 Å². The topological polar surface area (TPSA) is 66.8 Å². The number of unbranched alkanes of at least 4 members (excludes halogenated alkanes) is 2. The molecule has 3 aromatic rings. The summed E-state index contributed by atoms with van der Waals surface area (Å²) >= 11 is 0. The number of carbonyl (C=O) groups is 2. The van der Waals surface area contributed by atoms with Gasteiger partial charge < -0.3 is 14.7 Å². The van der Waals surface area contributed by atoms with Crippen molar-refractivity contribution in [1.82, 2.24) is 4.90 Å². The lowest BCUT2D eigenvalue weighted by molar-refractivity contribution is -0.137. The average molecular weight is 476 g/mol. The number of carbonyl (C=O) groups excluding carboxylic acids is 1. The van der Waals surface area contributed by atoms with E-state index in [4.69, 9.17) is 9.84 Å². The summed E-state index contributed by atoms with van der Waals surface area (Å²) < 4.78 is 19.2. The van der Waals surface area contributed by atoms with Crippen LogP contribution in [0.4, 0.5) is 4.39 Å². The number of benzene rings is 3. The molecule has 0 spiro atoms. The van der Waals surface area contributed by atoms with Gasteiger partial charge in [-0.2, -0.15) is 0 Å². The lowest BCUT2D eigenvalue weighted by Crippen LogP contribution is -2.32. The van der Waals surface area contributed by atoms with Crippen LogP contribution in [0.5, 0.6) is 5.75 Å². The molecule has 1 saturated carbocycles. The number of amides is 1. The van der Waals surface area contributed by atoms with E-state index in [1.54, 1.807) is 12.1 Å². The van der Waals surface area contributed by atoms with E-state index < -0.39 is 5.97 Å². The summed E-state index contributed by atoms with van der Waals surface area (Å²) in [6, 6.07) is 21.8. The molecule has 0 radical (unpaired) electrons. The molecule has 0 unspecified atom stereocenters. The Balaban J connectivity index is 1.40. The first-order valence-corrected chi connectivity index (χ1v) is 12.1. The molecule has 1 fully saturated rings. The van der Waals surface area contributed by atoms with Crippen LogP contribution >= 0.6 is 0 Å². The van der Waals surface area contributed by atoms with E-state index in [1.807, 2.05) is 53.4 Å². The molecule has 0 atom stereocenters. The highest BCUT2D eigenvalue weighted by atomic mass is 19.1. The Labute approximate surface area is 205 Å². The number of halogens is 1. The molecular weight excluding hydrogens is 445 g/mol. The summed E-state index contributed by atoms with van der Waals surface area (Å²) in [6.07, 6.45) is 4.39. The van der Waals surface area contributed by atoms with E-state index >= 15 is 0 Å². The predicted molar refractivity (Wildman–Crippen MR) is 133 cm³/mol. The van der Waals surface area contributed by atoms with E-state index in [0.29, 0.717) is 25.1 Å². The Morgan fingerprint density at radius 3 is 2.20 bits per heavy atom. The van der Waals surface area contributed by atoms with Crippen LogP contribution in [0, 0.1) is 5.82 Å². The van der Waals surface area contributed by atoms with Crippen LogP contribution in [0.15, 0.2) is 72.8 Å². The minimum atomic E-state index is -0.772. The van der Waals surface area contributed by atoms with Gasteiger partial charge in [0.2, 0.25) is 0 Å². The third kappa shape index (κ3) is 6.92. The van der Waals surface area contributed by atoms with Gasteiger partial charge >= 0.3 is 5.97 Å². The fraction of sp³-hybridized carbons (Fsp3) is 0.310. The Morgan fingerprint density at radius 1 is 0.886 bits per heavy atom. The summed E-state index contributed by atoms with van der Waals surface area (Å²) in [6.45, 7) is 0.983. The van der Waals surface area contributed by atoms with Gasteiger partial charge in [0, 0.05) is 30.1 Å². The second-order valence-electron chi connectivity index (χ2n) is 8.91. The zero-order valence-electron chi connectivity index (χ0n) is 19.7. The molecule has 1 N–H and O–H groups in total. The molecule has 1 aliphatic carbocycles. The summed E-state index contributed by atoms with van der Waals surface area (Å²) in [4.78, 5) is 26.0. The maximum Gasteiger partial charge on any atom is 0.303 e. The van der Waals surface area contributed by atoms with E-state index in [2.05, 4.69) is 0 Å². The zero-order valence-corrected chi connectivity index (χ0v) is 19.7. The monoisotopic (exact) mass is 475 g/mol. The fourth-order valence-electron chi connectivity index (χ4n) is 4.06. The van der Waals surface area contributed by atoms with Crippen molar-refractivity contribution in [2.24, 2.45) is 0 Å². The Kier molecular flexibility index (Phi) is 8.14. The summed E-state index contributed by atoms with van der Waals surface area (Å²) in [5, 5.41) is 8.74. The van der Waals surface area contributed by atoms with Gasteiger partial charge in [0.05, 0.1) is 6.61 Å². The number of rotatable bonds is 12. The molecule has 0 saturated heterocycles. The Hall–Kier alpha value is -3.67. The van der Waals surface area contributed by atoms with Gasteiger partial charge in [-0.15, -0.1) is 0 Å². The first-order chi connectivity index (χ1) is 17.0. The quantitative estimate of drug-likeness (QED) is 0.311. The van der Waals surface area contributed by atoms with E-state index in [1.165, 1.54) is 12.1 Å². The molecule has 35 heavy (non-hydrogen) atoms. The molecule has 6 heteroatoms. The van der Waals surface area contributed by atoms with Crippen LogP contribution < -0.4 is 4.74 Å². The summed E-state index contributed by atoms with van der Waals surface area (Å²) in [7, 11) is 0. The SMILES string of the molecule is O=C(O)CCCCCOc1ccccc1CN(C(=O)c1ccc(-c2ccc(F)cc2)cc1)C1CC1. The zero-order chi connectivity index (χ0) is 24.6. The third-order valence-electron chi connectivity index (χ3n) is 6.16. The van der Waals surface area contributed by atoms with Crippen molar-refractivity contribution in [1.29, 1.82) is 0 Å². The number of carboxylic acids is 1. The Bertz CT molecular complexity index is 1140. The second-order valence-corrected chi connectivity index (χ2v) is 8.91. The summed E-state index contributed by atoms with van der Waals surface area (Å²) in [5.41, 5.74) is 3.42. The molecule has 0 bridgehead atoms. The molecule has 4 rings (SSSR count). The highest BCUT2D eigenvalue weighted by Gasteiger charge is 2.33. The third-order valence-corrected chi connectivity index (χ3v) is 6.16. The lowest BCUT2D eigenvalue weighted by Gasteiger charge is -2.24. The number of aliphatic carboxylic acids is 1. The number of hydrogen-bond donors (Lipinski definition) is 1. The Morgan fingerprint density at radius 2 is 1.54 bits per heavy atom. The van der Waals surface area contributed by atoms with E-state index in [0.717, 1.165) is 48.1 Å². The molecule has 0 heterocycles. The molecule has 0 aromatic heterocycles. The number of hydrogen-bond acceptors (Lipinski definition) is 3. The molecule has 0 aliphatic heterocycles. The average Bonchev–Trinajstić information content (AvgIpc) is 3.71. The second kappa shape index (κ2) is 11.6. The highest BCUT2D eigenvalue weighted by molar-refractivity contribution is 5.95. The van der Waals surface area contributed by atoms with Crippen LogP contribution in [0.1, 0.15) is 54.4 Å². The van der Waals surface area contributed by atoms with Gasteiger partial charge in [0.15, 0.2) is 0 Å². The van der Waals surface area contributed by atoms with Gasteiger partial charge in [-0.3, -0.25) is 9.59 Å². The van der Waals surface area contributed by atoms with Crippen LogP contribution in [-0.4, -0.2) is 34.5 Å². The molecule has 1 aliphatic rings. The molecule has 1 amide bonds. The first kappa shape index (κ1) is 24.5. The predicted octanol–water partition coefficient (Wildman–Crippen LogP) is 6.32. The van der Waals surface area contributed by atoms with Crippen molar-refractivity contribution >= 4 is 11.9 Å².